The van der Waals surface area contributed by atoms with Crippen molar-refractivity contribution in [3.8, 4) is 0 Å². The topological polar surface area (TPSA) is 106 Å². The van der Waals surface area contributed by atoms with Crippen LogP contribution in [-0.2, 0) is 21.4 Å². The molecule has 2 aromatic rings. The molecule has 0 aliphatic carbocycles. The minimum atomic E-state index is -3.42. The first kappa shape index (κ1) is 15.4. The molecule has 8 nitrogen and oxygen atoms in total. The summed E-state index contributed by atoms with van der Waals surface area (Å²) in [6, 6.07) is 7.09. The summed E-state index contributed by atoms with van der Waals surface area (Å²) in [6.45, 7) is -0.124. The molecule has 1 amide bonds. The van der Waals surface area contributed by atoms with Gasteiger partial charge in [-0.15, -0.1) is 5.10 Å². The van der Waals surface area contributed by atoms with Crippen LogP contribution in [-0.4, -0.2) is 35.6 Å². The maximum atomic E-state index is 11.8. The Morgan fingerprint density at radius 3 is 2.62 bits per heavy atom. The van der Waals surface area contributed by atoms with Gasteiger partial charge in [0.15, 0.2) is 5.82 Å². The van der Waals surface area contributed by atoms with E-state index in [4.69, 9.17) is 0 Å². The van der Waals surface area contributed by atoms with Crippen molar-refractivity contribution in [3.63, 3.8) is 0 Å². The molecule has 2 N–H and O–H groups in total. The number of halogens is 1. The normalized spacial score (nSPS) is 11.1. The molecule has 21 heavy (non-hydrogen) atoms. The molecule has 2 rings (SSSR count). The molecule has 0 radical (unpaired) electrons. The summed E-state index contributed by atoms with van der Waals surface area (Å²) >= 11 is 3.30. The minimum absolute atomic E-state index is 0.0638. The molecular formula is C11H12BrN5O3S. The van der Waals surface area contributed by atoms with E-state index in [1.807, 2.05) is 0 Å². The number of aromatic nitrogens is 3. The van der Waals surface area contributed by atoms with Crippen LogP contribution in [0.25, 0.3) is 0 Å². The molecule has 0 aliphatic rings. The molecule has 10 heteroatoms. The highest BCUT2D eigenvalue weighted by atomic mass is 79.9. The largest absolute Gasteiger partial charge is 0.324 e. The summed E-state index contributed by atoms with van der Waals surface area (Å²) in [5.74, 6) is -0.257. The van der Waals surface area contributed by atoms with Gasteiger partial charge in [-0.25, -0.2) is 8.42 Å². The molecule has 0 unspecified atom stereocenters. The van der Waals surface area contributed by atoms with Gasteiger partial charge in [0.1, 0.15) is 6.54 Å². The fraction of sp³-hybridized carbons (Fsp3) is 0.182. The first-order valence-electron chi connectivity index (χ1n) is 5.75. The molecular weight excluding hydrogens is 362 g/mol. The van der Waals surface area contributed by atoms with E-state index in [-0.39, 0.29) is 18.3 Å². The van der Waals surface area contributed by atoms with Gasteiger partial charge in [0.25, 0.3) is 0 Å². The van der Waals surface area contributed by atoms with Crippen molar-refractivity contribution in [1.29, 1.82) is 0 Å². The molecule has 0 atom stereocenters. The molecule has 0 fully saturated rings. The zero-order valence-electron chi connectivity index (χ0n) is 10.9. The predicted molar refractivity (Wildman–Crippen MR) is 81.3 cm³/mol. The average molecular weight is 374 g/mol. The van der Waals surface area contributed by atoms with Gasteiger partial charge in [-0.3, -0.25) is 9.52 Å². The number of nitrogens with zero attached hydrogens (tertiary/aromatic N) is 3. The highest BCUT2D eigenvalue weighted by molar-refractivity contribution is 9.10. The molecule has 1 heterocycles. The Kier molecular flexibility index (Phi) is 4.58. The molecule has 0 saturated heterocycles. The summed E-state index contributed by atoms with van der Waals surface area (Å²) < 4.78 is 25.1. The summed E-state index contributed by atoms with van der Waals surface area (Å²) in [7, 11) is -3.42. The fourth-order valence-electron chi connectivity index (χ4n) is 1.47. The second-order valence-electron chi connectivity index (χ2n) is 4.19. The fourth-order valence-corrected chi connectivity index (χ4v) is 2.21. The van der Waals surface area contributed by atoms with Crippen molar-refractivity contribution in [3.05, 3.63) is 34.9 Å². The smallest absolute Gasteiger partial charge is 0.247 e. The van der Waals surface area contributed by atoms with E-state index < -0.39 is 10.0 Å². The lowest BCUT2D eigenvalue weighted by atomic mass is 10.3. The maximum Gasteiger partial charge on any atom is 0.247 e. The number of carbonyl (C=O) groups excluding carboxylic acids is 1. The van der Waals surface area contributed by atoms with Crippen molar-refractivity contribution in [2.24, 2.45) is 0 Å². The van der Waals surface area contributed by atoms with Crippen LogP contribution < -0.4 is 10.0 Å². The Bertz CT molecular complexity index is 741. The number of anilines is 2. The lowest BCUT2D eigenvalue weighted by Crippen LogP contribution is -2.20. The van der Waals surface area contributed by atoms with Crippen molar-refractivity contribution in [1.82, 2.24) is 15.0 Å². The van der Waals surface area contributed by atoms with Gasteiger partial charge in [0.2, 0.25) is 15.9 Å². The van der Waals surface area contributed by atoms with E-state index in [9.17, 15) is 13.2 Å². The van der Waals surface area contributed by atoms with E-state index in [1.54, 1.807) is 24.3 Å². The lowest BCUT2D eigenvalue weighted by Gasteiger charge is -2.04. The first-order chi connectivity index (χ1) is 9.82. The van der Waals surface area contributed by atoms with Gasteiger partial charge in [-0.2, -0.15) is 9.90 Å². The molecule has 1 aromatic heterocycles. The minimum Gasteiger partial charge on any atom is -0.324 e. The Morgan fingerprint density at radius 1 is 1.33 bits per heavy atom. The van der Waals surface area contributed by atoms with Crippen LogP contribution in [0, 0.1) is 0 Å². The molecule has 0 aliphatic heterocycles. The first-order valence-corrected chi connectivity index (χ1v) is 8.43. The van der Waals surface area contributed by atoms with Crippen molar-refractivity contribution < 1.29 is 13.2 Å². The monoisotopic (exact) mass is 373 g/mol. The quantitative estimate of drug-likeness (QED) is 0.814. The van der Waals surface area contributed by atoms with Gasteiger partial charge in [0, 0.05) is 10.2 Å². The van der Waals surface area contributed by atoms with Crippen molar-refractivity contribution in [2.45, 2.75) is 6.54 Å². The number of carbonyl (C=O) groups is 1. The summed E-state index contributed by atoms with van der Waals surface area (Å²) in [5, 5.41) is 10.3. The van der Waals surface area contributed by atoms with Gasteiger partial charge in [-0.05, 0) is 24.3 Å². The lowest BCUT2D eigenvalue weighted by molar-refractivity contribution is -0.117. The second-order valence-corrected chi connectivity index (χ2v) is 6.85. The third kappa shape index (κ3) is 5.16. The zero-order valence-corrected chi connectivity index (χ0v) is 13.3. The number of sulfonamides is 1. The summed E-state index contributed by atoms with van der Waals surface area (Å²) in [5.41, 5.74) is 0.643. The highest BCUT2D eigenvalue weighted by Gasteiger charge is 2.09. The molecule has 0 spiro atoms. The molecule has 112 valence electrons. The highest BCUT2D eigenvalue weighted by Crippen LogP contribution is 2.14. The third-order valence-corrected chi connectivity index (χ3v) is 3.35. The maximum absolute atomic E-state index is 11.8. The number of rotatable bonds is 5. The number of benzene rings is 1. The number of amides is 1. The van der Waals surface area contributed by atoms with Crippen molar-refractivity contribution in [2.75, 3.05) is 16.3 Å². The Balaban J connectivity index is 1.95. The van der Waals surface area contributed by atoms with E-state index in [1.165, 1.54) is 6.20 Å². The van der Waals surface area contributed by atoms with E-state index >= 15 is 0 Å². The predicted octanol–water partition coefficient (Wildman–Crippen LogP) is 1.05. The van der Waals surface area contributed by atoms with Crippen LogP contribution in [0.3, 0.4) is 0 Å². The van der Waals surface area contributed by atoms with E-state index in [0.717, 1.165) is 15.5 Å². The Morgan fingerprint density at radius 2 is 2.00 bits per heavy atom. The number of hydrogen-bond acceptors (Lipinski definition) is 5. The molecule has 0 saturated carbocycles. The summed E-state index contributed by atoms with van der Waals surface area (Å²) in [6.07, 6.45) is 2.24. The summed E-state index contributed by atoms with van der Waals surface area (Å²) in [4.78, 5) is 12.9. The third-order valence-electron chi connectivity index (χ3n) is 2.24. The van der Waals surface area contributed by atoms with Crippen LogP contribution in [0.2, 0.25) is 0 Å². The van der Waals surface area contributed by atoms with E-state index in [2.05, 4.69) is 36.2 Å². The second kappa shape index (κ2) is 6.22. The molecule has 0 bridgehead atoms. The van der Waals surface area contributed by atoms with E-state index in [0.29, 0.717) is 5.69 Å². The van der Waals surface area contributed by atoms with Crippen molar-refractivity contribution >= 4 is 43.4 Å². The Labute approximate surface area is 129 Å². The molecule has 1 aromatic carbocycles. The van der Waals surface area contributed by atoms with Crippen LogP contribution >= 0.6 is 15.9 Å². The van der Waals surface area contributed by atoms with Crippen LogP contribution in [0.4, 0.5) is 11.5 Å². The number of nitrogens with one attached hydrogen (secondary N) is 2. The van der Waals surface area contributed by atoms with Crippen LogP contribution in [0.15, 0.2) is 34.9 Å². The van der Waals surface area contributed by atoms with Gasteiger partial charge >= 0.3 is 0 Å². The zero-order chi connectivity index (χ0) is 15.5. The SMILES string of the molecule is CS(=O)(=O)Nc1cnn(CC(=O)Nc2ccc(Br)cc2)n1. The number of hydrogen-bond donors (Lipinski definition) is 2. The van der Waals surface area contributed by atoms with Crippen LogP contribution in [0.5, 0.6) is 0 Å². The van der Waals surface area contributed by atoms with Gasteiger partial charge < -0.3 is 5.32 Å². The average Bonchev–Trinajstić information content (AvgIpc) is 2.77. The van der Waals surface area contributed by atoms with Gasteiger partial charge in [-0.1, -0.05) is 15.9 Å². The van der Waals surface area contributed by atoms with Crippen LogP contribution in [0.1, 0.15) is 0 Å². The Hall–Kier alpha value is -1.94. The standard InChI is InChI=1S/C11H12BrN5O3S/c1-21(19,20)16-10-6-13-17(15-10)7-11(18)14-9-4-2-8(12)3-5-9/h2-6H,7H2,1H3,(H,14,18)(H,15,16). The van der Waals surface area contributed by atoms with Gasteiger partial charge in [0.05, 0.1) is 12.5 Å².